The summed E-state index contributed by atoms with van der Waals surface area (Å²) in [5.74, 6) is -0.0754. The van der Waals surface area contributed by atoms with Crippen molar-refractivity contribution in [3.63, 3.8) is 0 Å². The summed E-state index contributed by atoms with van der Waals surface area (Å²) in [6.45, 7) is 1.04. The fourth-order valence-corrected chi connectivity index (χ4v) is 2.95. The number of carbonyl (C=O) groups excluding carboxylic acids is 1. The van der Waals surface area contributed by atoms with Gasteiger partial charge in [-0.25, -0.2) is 4.98 Å². The lowest BCUT2D eigenvalue weighted by molar-refractivity contribution is 0.0748. The zero-order valence-corrected chi connectivity index (χ0v) is 13.1. The monoisotopic (exact) mass is 317 g/mol. The van der Waals surface area contributed by atoms with Crippen molar-refractivity contribution < 1.29 is 14.1 Å². The minimum Gasteiger partial charge on any atom is -0.383 e. The molecule has 0 aliphatic rings. The summed E-state index contributed by atoms with van der Waals surface area (Å²) < 4.78 is 10.3. The van der Waals surface area contributed by atoms with Crippen molar-refractivity contribution >= 4 is 28.2 Å². The van der Waals surface area contributed by atoms with E-state index in [0.717, 1.165) is 5.39 Å². The Morgan fingerprint density at radius 1 is 1.41 bits per heavy atom. The van der Waals surface area contributed by atoms with Gasteiger partial charge >= 0.3 is 0 Å². The zero-order valence-electron chi connectivity index (χ0n) is 12.3. The first-order valence-electron chi connectivity index (χ1n) is 6.75. The van der Waals surface area contributed by atoms with Gasteiger partial charge < -0.3 is 14.2 Å². The number of para-hydroxylation sites is 1. The lowest BCUT2D eigenvalue weighted by atomic mass is 10.2. The molecule has 0 aliphatic heterocycles. The van der Waals surface area contributed by atoms with Crippen LogP contribution in [0.3, 0.4) is 0 Å². The van der Waals surface area contributed by atoms with Crippen molar-refractivity contribution in [3.05, 3.63) is 35.3 Å². The van der Waals surface area contributed by atoms with Crippen LogP contribution in [0.15, 0.2) is 35.0 Å². The number of fused-ring (bicyclic) bond motifs is 1. The molecule has 1 amide bonds. The van der Waals surface area contributed by atoms with E-state index in [0.29, 0.717) is 34.3 Å². The van der Waals surface area contributed by atoms with E-state index in [9.17, 15) is 4.79 Å². The van der Waals surface area contributed by atoms with Crippen LogP contribution in [-0.2, 0) is 4.74 Å². The number of likely N-dealkylation sites (N-methyl/N-ethyl adjacent to an activating group) is 1. The highest BCUT2D eigenvalue weighted by atomic mass is 32.1. The lowest BCUT2D eigenvalue weighted by Crippen LogP contribution is -2.29. The van der Waals surface area contributed by atoms with E-state index in [1.807, 2.05) is 24.3 Å². The van der Waals surface area contributed by atoms with Gasteiger partial charge in [-0.2, -0.15) is 0 Å². The number of amides is 1. The first kappa shape index (κ1) is 14.7. The number of carbonyl (C=O) groups is 1. The standard InChI is InChI=1S/C15H15N3O3S/c1-18(7-8-20-2)15(19)12-9-16-14(22-12)13-10-5-3-4-6-11(10)21-17-13/h3-6,9H,7-8H2,1-2H3. The molecule has 0 atom stereocenters. The molecule has 6 nitrogen and oxygen atoms in total. The molecule has 1 aromatic carbocycles. The number of nitrogens with zero attached hydrogens (tertiary/aromatic N) is 3. The summed E-state index contributed by atoms with van der Waals surface area (Å²) in [6, 6.07) is 7.58. The molecule has 2 aromatic heterocycles. The van der Waals surface area contributed by atoms with Crippen LogP contribution in [0, 0.1) is 0 Å². The van der Waals surface area contributed by atoms with E-state index >= 15 is 0 Å². The van der Waals surface area contributed by atoms with Gasteiger partial charge in [0.25, 0.3) is 5.91 Å². The maximum Gasteiger partial charge on any atom is 0.265 e. The molecule has 3 rings (SSSR count). The highest BCUT2D eigenvalue weighted by Gasteiger charge is 2.18. The number of hydrogen-bond donors (Lipinski definition) is 0. The van der Waals surface area contributed by atoms with Gasteiger partial charge in [-0.05, 0) is 12.1 Å². The molecule has 0 radical (unpaired) electrons. The zero-order chi connectivity index (χ0) is 15.5. The summed E-state index contributed by atoms with van der Waals surface area (Å²) in [4.78, 5) is 18.8. The molecule has 2 heterocycles. The van der Waals surface area contributed by atoms with Crippen molar-refractivity contribution in [2.75, 3.05) is 27.3 Å². The lowest BCUT2D eigenvalue weighted by Gasteiger charge is -2.14. The van der Waals surface area contributed by atoms with E-state index in [1.54, 1.807) is 25.3 Å². The van der Waals surface area contributed by atoms with Crippen LogP contribution >= 0.6 is 11.3 Å². The smallest absolute Gasteiger partial charge is 0.265 e. The summed E-state index contributed by atoms with van der Waals surface area (Å²) >= 11 is 1.31. The maximum absolute atomic E-state index is 12.3. The van der Waals surface area contributed by atoms with Gasteiger partial charge in [0.05, 0.1) is 18.2 Å². The minimum atomic E-state index is -0.0754. The fraction of sp³-hybridized carbons (Fsp3) is 0.267. The van der Waals surface area contributed by atoms with E-state index in [4.69, 9.17) is 9.26 Å². The molecule has 0 unspecified atom stereocenters. The van der Waals surface area contributed by atoms with Gasteiger partial charge in [-0.15, -0.1) is 11.3 Å². The second-order valence-corrected chi connectivity index (χ2v) is 5.81. The average molecular weight is 317 g/mol. The summed E-state index contributed by atoms with van der Waals surface area (Å²) in [6.07, 6.45) is 1.58. The van der Waals surface area contributed by atoms with Crippen LogP contribution in [0.4, 0.5) is 0 Å². The van der Waals surface area contributed by atoms with Crippen LogP contribution in [0.1, 0.15) is 9.67 Å². The third-order valence-corrected chi connectivity index (χ3v) is 4.27. The van der Waals surface area contributed by atoms with E-state index < -0.39 is 0 Å². The van der Waals surface area contributed by atoms with Crippen LogP contribution < -0.4 is 0 Å². The van der Waals surface area contributed by atoms with Gasteiger partial charge in [-0.3, -0.25) is 4.79 Å². The molecule has 0 saturated carbocycles. The Morgan fingerprint density at radius 2 is 2.23 bits per heavy atom. The van der Waals surface area contributed by atoms with Crippen molar-refractivity contribution in [1.82, 2.24) is 15.0 Å². The van der Waals surface area contributed by atoms with Gasteiger partial charge in [0.15, 0.2) is 5.58 Å². The summed E-state index contributed by atoms with van der Waals surface area (Å²) in [5.41, 5.74) is 1.37. The third kappa shape index (κ3) is 2.72. The van der Waals surface area contributed by atoms with Crippen molar-refractivity contribution in [2.24, 2.45) is 0 Å². The van der Waals surface area contributed by atoms with Gasteiger partial charge in [-0.1, -0.05) is 17.3 Å². The summed E-state index contributed by atoms with van der Waals surface area (Å²) in [7, 11) is 3.35. The van der Waals surface area contributed by atoms with Crippen LogP contribution in [0.2, 0.25) is 0 Å². The quantitative estimate of drug-likeness (QED) is 0.723. The van der Waals surface area contributed by atoms with Gasteiger partial charge in [0.2, 0.25) is 0 Å². The number of ether oxygens (including phenoxy) is 1. The number of hydrogen-bond acceptors (Lipinski definition) is 6. The minimum absolute atomic E-state index is 0.0754. The molecular weight excluding hydrogens is 302 g/mol. The van der Waals surface area contributed by atoms with E-state index in [2.05, 4.69) is 10.1 Å². The topological polar surface area (TPSA) is 68.5 Å². The number of methoxy groups -OCH3 is 1. The predicted molar refractivity (Wildman–Crippen MR) is 84.0 cm³/mol. The van der Waals surface area contributed by atoms with Gasteiger partial charge in [0.1, 0.15) is 15.6 Å². The third-order valence-electron chi connectivity index (χ3n) is 3.27. The molecule has 0 N–H and O–H groups in total. The molecule has 0 aliphatic carbocycles. The molecule has 0 spiro atoms. The summed E-state index contributed by atoms with van der Waals surface area (Å²) in [5, 5.41) is 5.63. The highest BCUT2D eigenvalue weighted by Crippen LogP contribution is 2.31. The van der Waals surface area contributed by atoms with Crippen LogP contribution in [0.25, 0.3) is 21.7 Å². The number of aromatic nitrogens is 2. The van der Waals surface area contributed by atoms with E-state index in [1.165, 1.54) is 11.3 Å². The first-order valence-corrected chi connectivity index (χ1v) is 7.57. The molecule has 7 heteroatoms. The number of thiazole rings is 1. The fourth-order valence-electron chi connectivity index (χ4n) is 2.04. The maximum atomic E-state index is 12.3. The van der Waals surface area contributed by atoms with Crippen molar-refractivity contribution in [1.29, 1.82) is 0 Å². The van der Waals surface area contributed by atoms with Gasteiger partial charge in [0, 0.05) is 20.7 Å². The Kier molecular flexibility index (Phi) is 4.17. The Morgan fingerprint density at radius 3 is 3.05 bits per heavy atom. The van der Waals surface area contributed by atoms with Crippen LogP contribution in [-0.4, -0.2) is 48.3 Å². The molecule has 0 bridgehead atoms. The first-order chi connectivity index (χ1) is 10.7. The molecule has 0 saturated heterocycles. The average Bonchev–Trinajstić information content (AvgIpc) is 3.18. The second kappa shape index (κ2) is 6.25. The van der Waals surface area contributed by atoms with E-state index in [-0.39, 0.29) is 5.91 Å². The number of rotatable bonds is 5. The molecule has 22 heavy (non-hydrogen) atoms. The molecule has 3 aromatic rings. The largest absolute Gasteiger partial charge is 0.383 e. The Bertz CT molecular complexity index is 796. The number of benzene rings is 1. The Hall–Kier alpha value is -2.25. The molecular formula is C15H15N3O3S. The molecule has 114 valence electrons. The second-order valence-electron chi connectivity index (χ2n) is 4.78. The SMILES string of the molecule is COCCN(C)C(=O)c1cnc(-c2noc3ccccc23)s1. The molecule has 0 fully saturated rings. The Balaban J connectivity index is 1.86. The predicted octanol–water partition coefficient (Wildman–Crippen LogP) is 2.67. The Labute approximate surface area is 131 Å². The highest BCUT2D eigenvalue weighted by molar-refractivity contribution is 7.17. The normalized spacial score (nSPS) is 11.0. The van der Waals surface area contributed by atoms with Crippen molar-refractivity contribution in [3.8, 4) is 10.7 Å². The van der Waals surface area contributed by atoms with Crippen molar-refractivity contribution in [2.45, 2.75) is 0 Å². The van der Waals surface area contributed by atoms with Crippen LogP contribution in [0.5, 0.6) is 0 Å².